The predicted octanol–water partition coefficient (Wildman–Crippen LogP) is 6.80. The number of carbonyl (C=O) groups is 1. The van der Waals surface area contributed by atoms with E-state index in [4.69, 9.17) is 16.3 Å². The van der Waals surface area contributed by atoms with E-state index in [-0.39, 0.29) is 24.3 Å². The largest absolute Gasteiger partial charge is 0.461 e. The highest BCUT2D eigenvalue weighted by Gasteiger charge is 2.46. The summed E-state index contributed by atoms with van der Waals surface area (Å²) in [4.78, 5) is 18.8. The number of carbonyl (C=O) groups excluding carboxylic acids is 1. The normalized spacial score (nSPS) is 16.5. The third kappa shape index (κ3) is 5.71. The van der Waals surface area contributed by atoms with Crippen molar-refractivity contribution in [2.24, 2.45) is 5.92 Å². The average molecular weight is 523 g/mol. The molecule has 2 atom stereocenters. The Hall–Kier alpha value is -2.42. The topological polar surface area (TPSA) is 42.4 Å². The molecule has 1 aromatic heterocycles. The van der Waals surface area contributed by atoms with E-state index in [1.54, 1.807) is 24.4 Å². The Morgan fingerprint density at radius 1 is 1.17 bits per heavy atom. The van der Waals surface area contributed by atoms with Crippen LogP contribution in [0.4, 0.5) is 13.2 Å². The van der Waals surface area contributed by atoms with Crippen LogP contribution in [0.1, 0.15) is 59.4 Å². The van der Waals surface area contributed by atoms with Gasteiger partial charge >= 0.3 is 5.97 Å². The molecule has 0 unspecified atom stereocenters. The number of likely N-dealkylation sites (tertiary alicyclic amines) is 1. The minimum absolute atomic E-state index is 0.171. The lowest BCUT2D eigenvalue weighted by atomic mass is 9.72. The van der Waals surface area contributed by atoms with E-state index in [9.17, 15) is 13.6 Å². The Labute approximate surface area is 211 Å². The highest BCUT2D eigenvalue weighted by atomic mass is 35.5. The van der Waals surface area contributed by atoms with Crippen LogP contribution in [-0.4, -0.2) is 41.2 Å². The predicted molar refractivity (Wildman–Crippen MR) is 131 cm³/mol. The number of benzene rings is 2. The number of aromatic nitrogens is 1. The molecule has 3 aromatic rings. The summed E-state index contributed by atoms with van der Waals surface area (Å²) >= 11 is 7.43. The quantitative estimate of drug-likeness (QED) is 0.305. The fraction of sp³-hybridized carbons (Fsp3) is 0.385. The zero-order valence-electron chi connectivity index (χ0n) is 19.6. The van der Waals surface area contributed by atoms with Crippen molar-refractivity contribution in [3.8, 4) is 0 Å². The number of nitrogens with zero attached hydrogens (tertiary/aromatic N) is 2. The smallest absolute Gasteiger partial charge is 0.357 e. The number of hydrogen-bond acceptors (Lipinski definition) is 5. The Morgan fingerprint density at radius 3 is 2.37 bits per heavy atom. The zero-order chi connectivity index (χ0) is 25.3. The lowest BCUT2D eigenvalue weighted by Crippen LogP contribution is -2.53. The van der Waals surface area contributed by atoms with Crippen molar-refractivity contribution in [3.05, 3.63) is 86.3 Å². The fourth-order valence-corrected chi connectivity index (χ4v) is 5.89. The Kier molecular flexibility index (Phi) is 7.54. The third-order valence-corrected chi connectivity index (χ3v) is 7.33. The number of halogens is 4. The molecule has 2 aromatic carbocycles. The molecule has 4 nitrogen and oxygen atoms in total. The number of thiazole rings is 1. The van der Waals surface area contributed by atoms with Crippen molar-refractivity contribution in [2.45, 2.75) is 38.4 Å². The van der Waals surface area contributed by atoms with Crippen LogP contribution in [0.3, 0.4) is 0 Å². The molecule has 186 valence electrons. The second kappa shape index (κ2) is 10.3. The molecule has 1 aliphatic rings. The number of alkyl halides is 1. The summed E-state index contributed by atoms with van der Waals surface area (Å²) in [5, 5.41) is 2.95. The molecule has 9 heteroatoms. The van der Waals surface area contributed by atoms with Gasteiger partial charge in [0.1, 0.15) is 22.3 Å². The number of ether oxygens (including phenoxy) is 1. The van der Waals surface area contributed by atoms with Gasteiger partial charge in [-0.3, -0.25) is 4.90 Å². The molecule has 0 amide bonds. The van der Waals surface area contributed by atoms with Gasteiger partial charge in [-0.25, -0.2) is 22.9 Å². The summed E-state index contributed by atoms with van der Waals surface area (Å²) in [6, 6.07) is 10.3. The summed E-state index contributed by atoms with van der Waals surface area (Å²) in [5.74, 6) is -2.80. The van der Waals surface area contributed by atoms with Crippen molar-refractivity contribution in [3.63, 3.8) is 0 Å². The molecular formula is C26H26ClF3N2O2S. The van der Waals surface area contributed by atoms with Crippen molar-refractivity contribution in [1.82, 2.24) is 9.88 Å². The van der Waals surface area contributed by atoms with Crippen LogP contribution in [-0.2, 0) is 4.74 Å². The summed E-state index contributed by atoms with van der Waals surface area (Å²) in [7, 11) is 0. The highest BCUT2D eigenvalue weighted by molar-refractivity contribution is 7.10. The first-order valence-electron chi connectivity index (χ1n) is 11.3. The standard InChI is InChI=1S/C26H26ClF3N2O2S/c1-4-34-25(33)21-14-35-24(31-21)23(15-5-7-18(27)8-6-15)32-12-17(13-32)22(26(2,3)30)16-9-19(28)11-20(29)10-16/h5-11,14,17,22-23H,4,12-13H2,1-3H3/t22-,23+/m1/s1. The van der Waals surface area contributed by atoms with Gasteiger partial charge in [-0.2, -0.15) is 0 Å². The van der Waals surface area contributed by atoms with E-state index in [0.29, 0.717) is 28.7 Å². The van der Waals surface area contributed by atoms with E-state index in [1.807, 2.05) is 12.1 Å². The summed E-state index contributed by atoms with van der Waals surface area (Å²) in [6.07, 6.45) is 0. The summed E-state index contributed by atoms with van der Waals surface area (Å²) in [5.41, 5.74) is -0.224. The van der Waals surface area contributed by atoms with Crippen LogP contribution >= 0.6 is 22.9 Å². The maximum atomic E-state index is 15.3. The molecule has 2 heterocycles. The molecule has 0 N–H and O–H groups in total. The van der Waals surface area contributed by atoms with Gasteiger partial charge in [-0.15, -0.1) is 11.3 Å². The molecule has 1 aliphatic heterocycles. The second-order valence-corrected chi connectivity index (χ2v) is 10.5. The summed E-state index contributed by atoms with van der Waals surface area (Å²) in [6.45, 7) is 5.82. The van der Waals surface area contributed by atoms with Crippen molar-refractivity contribution >= 4 is 28.9 Å². The van der Waals surface area contributed by atoms with Crippen molar-refractivity contribution in [2.75, 3.05) is 19.7 Å². The molecule has 4 rings (SSSR count). The van der Waals surface area contributed by atoms with Gasteiger partial charge < -0.3 is 4.74 Å². The van der Waals surface area contributed by atoms with Gasteiger partial charge in [0.25, 0.3) is 0 Å². The molecule has 0 aliphatic carbocycles. The number of hydrogen-bond donors (Lipinski definition) is 0. The Morgan fingerprint density at radius 2 is 1.80 bits per heavy atom. The van der Waals surface area contributed by atoms with Gasteiger partial charge in [0, 0.05) is 35.5 Å². The molecule has 35 heavy (non-hydrogen) atoms. The number of esters is 1. The van der Waals surface area contributed by atoms with E-state index in [2.05, 4.69) is 9.88 Å². The van der Waals surface area contributed by atoms with E-state index in [1.165, 1.54) is 37.3 Å². The molecule has 0 saturated carbocycles. The lowest BCUT2D eigenvalue weighted by Gasteiger charge is -2.49. The Balaban J connectivity index is 1.63. The Bertz CT molecular complexity index is 1170. The molecular weight excluding hydrogens is 497 g/mol. The average Bonchev–Trinajstić information content (AvgIpc) is 3.22. The van der Waals surface area contributed by atoms with Gasteiger partial charge in [0.05, 0.1) is 12.6 Å². The van der Waals surface area contributed by atoms with Gasteiger partial charge in [-0.05, 0) is 62.1 Å². The lowest BCUT2D eigenvalue weighted by molar-refractivity contribution is 0.00791. The zero-order valence-corrected chi connectivity index (χ0v) is 21.2. The van der Waals surface area contributed by atoms with Crippen LogP contribution in [0.15, 0.2) is 47.8 Å². The number of rotatable bonds is 8. The SMILES string of the molecule is CCOC(=O)c1csc([C@H](c2ccc(Cl)cc2)N2CC([C@@H](c3cc(F)cc(F)c3)C(C)(C)F)C2)n1. The van der Waals surface area contributed by atoms with Crippen LogP contribution in [0.5, 0.6) is 0 Å². The van der Waals surface area contributed by atoms with Gasteiger partial charge in [0.15, 0.2) is 5.69 Å². The van der Waals surface area contributed by atoms with E-state index in [0.717, 1.165) is 11.6 Å². The minimum Gasteiger partial charge on any atom is -0.461 e. The van der Waals surface area contributed by atoms with Gasteiger partial charge in [0.2, 0.25) is 0 Å². The molecule has 0 bridgehead atoms. The van der Waals surface area contributed by atoms with E-state index < -0.39 is 29.2 Å². The maximum absolute atomic E-state index is 15.3. The fourth-order valence-electron chi connectivity index (χ4n) is 4.82. The first-order valence-corrected chi connectivity index (χ1v) is 12.6. The molecule has 1 saturated heterocycles. The van der Waals surface area contributed by atoms with Crippen molar-refractivity contribution in [1.29, 1.82) is 0 Å². The first-order chi connectivity index (χ1) is 16.6. The molecule has 0 spiro atoms. The van der Waals surface area contributed by atoms with Crippen molar-refractivity contribution < 1.29 is 22.7 Å². The molecule has 1 fully saturated rings. The highest BCUT2D eigenvalue weighted by Crippen LogP contribution is 2.46. The summed E-state index contributed by atoms with van der Waals surface area (Å²) < 4.78 is 48.3. The van der Waals surface area contributed by atoms with Gasteiger partial charge in [-0.1, -0.05) is 23.7 Å². The van der Waals surface area contributed by atoms with Crippen LogP contribution in [0.2, 0.25) is 5.02 Å². The molecule has 0 radical (unpaired) electrons. The monoisotopic (exact) mass is 522 g/mol. The van der Waals surface area contributed by atoms with Crippen LogP contribution in [0, 0.1) is 17.6 Å². The maximum Gasteiger partial charge on any atom is 0.357 e. The second-order valence-electron chi connectivity index (χ2n) is 9.20. The third-order valence-electron chi connectivity index (χ3n) is 6.18. The van der Waals surface area contributed by atoms with Crippen LogP contribution < -0.4 is 0 Å². The van der Waals surface area contributed by atoms with Crippen LogP contribution in [0.25, 0.3) is 0 Å². The van der Waals surface area contributed by atoms with E-state index >= 15 is 4.39 Å². The first kappa shape index (κ1) is 25.7. The minimum atomic E-state index is -1.69.